The van der Waals surface area contributed by atoms with Gasteiger partial charge in [-0.15, -0.1) is 0 Å². The van der Waals surface area contributed by atoms with Crippen molar-refractivity contribution in [2.24, 2.45) is 0 Å². The minimum Gasteiger partial charge on any atom is -0.503 e. The zero-order chi connectivity index (χ0) is 28.0. The van der Waals surface area contributed by atoms with Crippen LogP contribution in [0.4, 0.5) is 10.5 Å². The number of phenols is 1. The summed E-state index contributed by atoms with van der Waals surface area (Å²) in [5.74, 6) is 0.0203. The zero-order valence-corrected chi connectivity index (χ0v) is 23.0. The number of aliphatic hydroxyl groups is 1. The largest absolute Gasteiger partial charge is 0.503 e. The standard InChI is InChI=1S/C26H34N2O8.C2H6.CH4/c1-15-6-5-7-22(34-4)26(32)14-17(35-25(31)27-26)13-20-19(36-20)8-9-23(29)28(2)18-11-16(10-15)12-21(33-3)24(18)30;1-2;/h5-7,11-12,17,19-20,22,30,32H,8-10,13-14H2,1-4H3,(H,27,31);1-2H3;1H4/b7-5+,15-6+;;/t17?,19?,20?,22-,26+;;/m1../s1. The lowest BCUT2D eigenvalue weighted by molar-refractivity contribution is -0.135. The number of alkyl carbamates (subject to hydrolysis) is 1. The minimum atomic E-state index is -1.64. The summed E-state index contributed by atoms with van der Waals surface area (Å²) < 4.78 is 22.0. The molecular weight excluding hydrogens is 504 g/mol. The molecule has 2 saturated heterocycles. The zero-order valence-electron chi connectivity index (χ0n) is 23.0. The number of benzene rings is 1. The first-order chi connectivity index (χ1) is 18.1. The number of amides is 2. The van der Waals surface area contributed by atoms with Crippen molar-refractivity contribution in [1.82, 2.24) is 5.32 Å². The van der Waals surface area contributed by atoms with Crippen molar-refractivity contribution in [1.29, 1.82) is 0 Å². The monoisotopic (exact) mass is 548 g/mol. The Hall–Kier alpha value is -3.08. The maximum Gasteiger partial charge on any atom is 0.409 e. The maximum absolute atomic E-state index is 12.9. The molecule has 1 aromatic rings. The molecule has 3 aliphatic heterocycles. The quantitative estimate of drug-likeness (QED) is 0.469. The molecule has 0 aromatic heterocycles. The van der Waals surface area contributed by atoms with Gasteiger partial charge in [0, 0.05) is 33.4 Å². The van der Waals surface area contributed by atoms with Crippen LogP contribution in [0, 0.1) is 0 Å². The van der Waals surface area contributed by atoms with E-state index in [4.69, 9.17) is 18.9 Å². The third kappa shape index (κ3) is 7.74. The second-order valence-electron chi connectivity index (χ2n) is 9.62. The summed E-state index contributed by atoms with van der Waals surface area (Å²) in [5, 5.41) is 24.4. The van der Waals surface area contributed by atoms with Crippen LogP contribution in [0.5, 0.6) is 11.5 Å². The third-order valence-electron chi connectivity index (χ3n) is 6.90. The molecule has 10 heteroatoms. The number of nitrogens with zero attached hydrogens (tertiary/aromatic N) is 1. The lowest BCUT2D eigenvalue weighted by atomic mass is 9.93. The summed E-state index contributed by atoms with van der Waals surface area (Å²) in [6.07, 6.45) is 4.68. The van der Waals surface area contributed by atoms with Crippen molar-refractivity contribution in [2.45, 2.75) is 90.4 Å². The molecule has 0 aliphatic carbocycles. The van der Waals surface area contributed by atoms with Crippen LogP contribution in [0.25, 0.3) is 0 Å². The van der Waals surface area contributed by atoms with E-state index in [1.54, 1.807) is 31.3 Å². The molecule has 3 unspecified atom stereocenters. The summed E-state index contributed by atoms with van der Waals surface area (Å²) in [4.78, 5) is 26.6. The lowest BCUT2D eigenvalue weighted by Gasteiger charge is -2.40. The van der Waals surface area contributed by atoms with Crippen LogP contribution in [-0.4, -0.2) is 73.6 Å². The van der Waals surface area contributed by atoms with Crippen molar-refractivity contribution in [3.63, 3.8) is 0 Å². The Kier molecular flexibility index (Phi) is 11.4. The van der Waals surface area contributed by atoms with E-state index in [0.717, 1.165) is 11.1 Å². The molecule has 10 nitrogen and oxygen atoms in total. The van der Waals surface area contributed by atoms with E-state index in [-0.39, 0.29) is 49.9 Å². The normalized spacial score (nSPS) is 31.1. The molecule has 3 N–H and O–H groups in total. The minimum absolute atomic E-state index is 0. The van der Waals surface area contributed by atoms with Gasteiger partial charge in [0.05, 0.1) is 25.0 Å². The van der Waals surface area contributed by atoms with Crippen molar-refractivity contribution >= 4 is 17.7 Å². The first kappa shape index (κ1) is 32.1. The van der Waals surface area contributed by atoms with Crippen LogP contribution in [0.2, 0.25) is 0 Å². The molecule has 3 heterocycles. The fourth-order valence-corrected chi connectivity index (χ4v) is 4.88. The SMILES string of the molecule is C.CC.COc1cc2cc(c1O)N(C)C(=O)CCC1OC1CC1C[C@@](O)(NC(=O)O1)[C@H](OC)/C=C/C=C(\C)C2. The smallest absolute Gasteiger partial charge is 0.409 e. The number of nitrogens with one attached hydrogen (secondary N) is 1. The van der Waals surface area contributed by atoms with Crippen LogP contribution in [0.1, 0.15) is 59.4 Å². The van der Waals surface area contributed by atoms with Crippen LogP contribution in [0.15, 0.2) is 35.9 Å². The molecule has 0 radical (unpaired) electrons. The second-order valence-corrected chi connectivity index (χ2v) is 9.62. The number of ether oxygens (including phenoxy) is 4. The molecule has 4 rings (SSSR count). The van der Waals surface area contributed by atoms with Crippen molar-refractivity contribution < 1.29 is 38.7 Å². The van der Waals surface area contributed by atoms with Gasteiger partial charge >= 0.3 is 6.09 Å². The Balaban J connectivity index is 0.00000174. The van der Waals surface area contributed by atoms with E-state index in [9.17, 15) is 19.8 Å². The summed E-state index contributed by atoms with van der Waals surface area (Å²) in [7, 11) is 4.56. The molecule has 0 spiro atoms. The number of hydrogen-bond donors (Lipinski definition) is 3. The Bertz CT molecular complexity index is 1070. The van der Waals surface area contributed by atoms with Gasteiger partial charge in [0.15, 0.2) is 17.2 Å². The highest BCUT2D eigenvalue weighted by molar-refractivity contribution is 5.95. The summed E-state index contributed by atoms with van der Waals surface area (Å²) >= 11 is 0. The average molecular weight is 549 g/mol. The van der Waals surface area contributed by atoms with Gasteiger partial charge in [0.25, 0.3) is 0 Å². The molecule has 39 heavy (non-hydrogen) atoms. The number of carbonyl (C=O) groups excluding carboxylic acids is 2. The van der Waals surface area contributed by atoms with E-state index < -0.39 is 24.0 Å². The predicted molar refractivity (Wildman–Crippen MR) is 149 cm³/mol. The van der Waals surface area contributed by atoms with Crippen LogP contribution in [0.3, 0.4) is 0 Å². The molecule has 1 aromatic carbocycles. The fourth-order valence-electron chi connectivity index (χ4n) is 4.88. The number of phenolic OH excluding ortho intramolecular Hbond substituents is 1. The third-order valence-corrected chi connectivity index (χ3v) is 6.90. The molecule has 4 bridgehead atoms. The fraction of sp³-hybridized carbons (Fsp3) is 0.586. The first-order valence-corrected chi connectivity index (χ1v) is 13.0. The van der Waals surface area contributed by atoms with Gasteiger partial charge in [0.1, 0.15) is 12.2 Å². The topological polar surface area (TPSA) is 130 Å². The predicted octanol–water partition coefficient (Wildman–Crippen LogP) is 4.22. The molecule has 2 amide bonds. The van der Waals surface area contributed by atoms with Gasteiger partial charge in [0.2, 0.25) is 5.91 Å². The molecule has 218 valence electrons. The summed E-state index contributed by atoms with van der Waals surface area (Å²) in [5.41, 5.74) is 0.562. The van der Waals surface area contributed by atoms with Gasteiger partial charge in [-0.25, -0.2) is 4.79 Å². The van der Waals surface area contributed by atoms with E-state index in [1.165, 1.54) is 19.1 Å². The van der Waals surface area contributed by atoms with Crippen LogP contribution < -0.4 is 15.0 Å². The number of rotatable bonds is 2. The Morgan fingerprint density at radius 2 is 1.90 bits per heavy atom. The molecule has 2 fully saturated rings. The highest BCUT2D eigenvalue weighted by Gasteiger charge is 2.48. The molecule has 3 aliphatic rings. The average Bonchev–Trinajstić information content (AvgIpc) is 3.62. The number of hydrogen-bond acceptors (Lipinski definition) is 8. The summed E-state index contributed by atoms with van der Waals surface area (Å²) in [6.45, 7) is 5.94. The van der Waals surface area contributed by atoms with Gasteiger partial charge in [-0.05, 0) is 37.5 Å². The number of carbonyl (C=O) groups is 2. The van der Waals surface area contributed by atoms with E-state index in [0.29, 0.717) is 24.9 Å². The molecule has 0 saturated carbocycles. The number of epoxide rings is 1. The number of methoxy groups -OCH3 is 2. The number of anilines is 1. The lowest BCUT2D eigenvalue weighted by Crippen LogP contribution is -2.62. The Morgan fingerprint density at radius 1 is 1.18 bits per heavy atom. The molecular formula is C29H44N2O8. The highest BCUT2D eigenvalue weighted by Crippen LogP contribution is 2.39. The van der Waals surface area contributed by atoms with Gasteiger partial charge in [-0.3, -0.25) is 10.1 Å². The number of allylic oxidation sites excluding steroid dienone is 3. The Labute approximate surface area is 231 Å². The van der Waals surface area contributed by atoms with Gasteiger partial charge < -0.3 is 34.1 Å². The maximum atomic E-state index is 12.9. The van der Waals surface area contributed by atoms with Crippen LogP contribution in [-0.2, 0) is 25.4 Å². The Morgan fingerprint density at radius 3 is 2.56 bits per heavy atom. The van der Waals surface area contributed by atoms with Crippen molar-refractivity contribution in [3.05, 3.63) is 41.5 Å². The number of fused-ring (bicyclic) bond motifs is 5. The van der Waals surface area contributed by atoms with Crippen molar-refractivity contribution in [3.8, 4) is 11.5 Å². The van der Waals surface area contributed by atoms with Crippen LogP contribution >= 0.6 is 0 Å². The van der Waals surface area contributed by atoms with E-state index in [2.05, 4.69) is 5.32 Å². The second kappa shape index (κ2) is 13.8. The van der Waals surface area contributed by atoms with Crippen molar-refractivity contribution in [2.75, 3.05) is 26.2 Å². The summed E-state index contributed by atoms with van der Waals surface area (Å²) in [6, 6.07) is 3.51. The van der Waals surface area contributed by atoms with Gasteiger partial charge in [-0.1, -0.05) is 45.1 Å². The highest BCUT2D eigenvalue weighted by atomic mass is 16.6. The molecule has 5 atom stereocenters. The van der Waals surface area contributed by atoms with E-state index >= 15 is 0 Å². The van der Waals surface area contributed by atoms with E-state index in [1.807, 2.05) is 26.8 Å². The first-order valence-electron chi connectivity index (χ1n) is 13.0. The van der Waals surface area contributed by atoms with Gasteiger partial charge in [-0.2, -0.15) is 0 Å². The number of aromatic hydroxyl groups is 1.